The Morgan fingerprint density at radius 3 is 2.70 bits per heavy atom. The van der Waals surface area contributed by atoms with Crippen LogP contribution in [0.15, 0.2) is 30.3 Å². The van der Waals surface area contributed by atoms with Crippen LogP contribution in [0.5, 0.6) is 0 Å². The Balaban J connectivity index is 1.97. The average Bonchev–Trinajstić information content (AvgIpc) is 2.85. The molecular formula is C19H24N4. The lowest BCUT2D eigenvalue weighted by atomic mass is 10.0. The second-order valence-electron chi connectivity index (χ2n) is 6.69. The highest BCUT2D eigenvalue weighted by Gasteiger charge is 2.23. The molecule has 1 aromatic heterocycles. The maximum absolute atomic E-state index is 9.48. The van der Waals surface area contributed by atoms with Crippen molar-refractivity contribution in [2.24, 2.45) is 5.92 Å². The fourth-order valence-corrected chi connectivity index (χ4v) is 3.42. The minimum atomic E-state index is 0.635. The van der Waals surface area contributed by atoms with E-state index in [0.717, 1.165) is 18.9 Å². The highest BCUT2D eigenvalue weighted by molar-refractivity contribution is 5.68. The van der Waals surface area contributed by atoms with Gasteiger partial charge in [-0.1, -0.05) is 36.8 Å². The molecule has 0 amide bonds. The van der Waals surface area contributed by atoms with E-state index in [4.69, 9.17) is 5.73 Å². The van der Waals surface area contributed by atoms with Crippen LogP contribution < -0.4 is 10.6 Å². The molecule has 0 unspecified atom stereocenters. The molecule has 0 spiro atoms. The highest BCUT2D eigenvalue weighted by atomic mass is 15.3. The summed E-state index contributed by atoms with van der Waals surface area (Å²) >= 11 is 0. The number of nitrogens with zero attached hydrogens (tertiary/aromatic N) is 3. The van der Waals surface area contributed by atoms with E-state index in [2.05, 4.69) is 53.6 Å². The summed E-state index contributed by atoms with van der Waals surface area (Å²) in [5.74, 6) is 1.67. The quantitative estimate of drug-likeness (QED) is 0.943. The molecule has 0 aliphatic carbocycles. The lowest BCUT2D eigenvalue weighted by Gasteiger charge is -2.34. The monoisotopic (exact) mass is 308 g/mol. The van der Waals surface area contributed by atoms with E-state index in [1.165, 1.54) is 24.0 Å². The van der Waals surface area contributed by atoms with Gasteiger partial charge in [0.05, 0.1) is 12.2 Å². The number of nitrogen functional groups attached to an aromatic ring is 1. The van der Waals surface area contributed by atoms with Gasteiger partial charge in [-0.3, -0.25) is 0 Å². The Kier molecular flexibility index (Phi) is 4.29. The first-order valence-corrected chi connectivity index (χ1v) is 8.28. The summed E-state index contributed by atoms with van der Waals surface area (Å²) in [6.07, 6.45) is 2.44. The Hall–Kier alpha value is -2.41. The number of hydrogen-bond acceptors (Lipinski definition) is 3. The van der Waals surface area contributed by atoms with Gasteiger partial charge in [-0.05, 0) is 37.3 Å². The van der Waals surface area contributed by atoms with Crippen LogP contribution in [0.25, 0.3) is 0 Å². The van der Waals surface area contributed by atoms with Crippen LogP contribution in [0, 0.1) is 24.2 Å². The van der Waals surface area contributed by atoms with Gasteiger partial charge in [-0.2, -0.15) is 5.26 Å². The fraction of sp³-hybridized carbons (Fsp3) is 0.421. The minimum Gasteiger partial charge on any atom is -0.396 e. The fourth-order valence-electron chi connectivity index (χ4n) is 3.42. The Morgan fingerprint density at radius 2 is 2.04 bits per heavy atom. The van der Waals surface area contributed by atoms with E-state index in [-0.39, 0.29) is 0 Å². The second kappa shape index (κ2) is 6.37. The SMILES string of the molecule is Cc1ccc(Cn2c(C#N)cc(N)c2N2CCC[C@@H](C)C2)cc1. The first-order valence-electron chi connectivity index (χ1n) is 8.28. The number of benzene rings is 1. The number of nitrogens with two attached hydrogens (primary N) is 1. The van der Waals surface area contributed by atoms with Crippen molar-refractivity contribution in [1.82, 2.24) is 4.57 Å². The third kappa shape index (κ3) is 3.19. The zero-order valence-electron chi connectivity index (χ0n) is 13.9. The largest absolute Gasteiger partial charge is 0.396 e. The lowest BCUT2D eigenvalue weighted by Crippen LogP contribution is -2.36. The smallest absolute Gasteiger partial charge is 0.133 e. The molecule has 0 saturated carbocycles. The average molecular weight is 308 g/mol. The summed E-state index contributed by atoms with van der Waals surface area (Å²) < 4.78 is 2.07. The van der Waals surface area contributed by atoms with Crippen molar-refractivity contribution >= 4 is 11.5 Å². The molecule has 1 saturated heterocycles. The minimum absolute atomic E-state index is 0.635. The first-order chi connectivity index (χ1) is 11.1. The molecule has 2 aromatic rings. The molecule has 1 aliphatic rings. The molecule has 1 aliphatic heterocycles. The van der Waals surface area contributed by atoms with Crippen LogP contribution in [-0.2, 0) is 6.54 Å². The van der Waals surface area contributed by atoms with Gasteiger partial charge in [-0.25, -0.2) is 0 Å². The van der Waals surface area contributed by atoms with Gasteiger partial charge in [0.15, 0.2) is 0 Å². The molecule has 2 N–H and O–H groups in total. The number of piperidine rings is 1. The molecule has 0 bridgehead atoms. The van der Waals surface area contributed by atoms with Gasteiger partial charge >= 0.3 is 0 Å². The van der Waals surface area contributed by atoms with Crippen LogP contribution in [-0.4, -0.2) is 17.7 Å². The summed E-state index contributed by atoms with van der Waals surface area (Å²) in [6.45, 7) is 7.06. The molecule has 2 heterocycles. The number of nitriles is 1. The van der Waals surface area contributed by atoms with E-state index in [9.17, 15) is 5.26 Å². The molecular weight excluding hydrogens is 284 g/mol. The summed E-state index contributed by atoms with van der Waals surface area (Å²) in [6, 6.07) is 12.6. The van der Waals surface area contributed by atoms with Crippen molar-refractivity contribution in [3.63, 3.8) is 0 Å². The third-order valence-electron chi connectivity index (χ3n) is 4.63. The Morgan fingerprint density at radius 1 is 1.30 bits per heavy atom. The van der Waals surface area contributed by atoms with Crippen molar-refractivity contribution in [3.8, 4) is 6.07 Å². The normalized spacial score (nSPS) is 18.0. The molecule has 1 aromatic carbocycles. The van der Waals surface area contributed by atoms with Gasteiger partial charge in [0, 0.05) is 13.1 Å². The van der Waals surface area contributed by atoms with Crippen molar-refractivity contribution in [2.75, 3.05) is 23.7 Å². The van der Waals surface area contributed by atoms with Crippen LogP contribution in [0.3, 0.4) is 0 Å². The topological polar surface area (TPSA) is 58.0 Å². The predicted octanol–water partition coefficient (Wildman–Crippen LogP) is 3.54. The Labute approximate surface area is 138 Å². The van der Waals surface area contributed by atoms with Crippen LogP contribution >= 0.6 is 0 Å². The molecule has 0 radical (unpaired) electrons. The van der Waals surface area contributed by atoms with Gasteiger partial charge in [0.1, 0.15) is 17.6 Å². The van der Waals surface area contributed by atoms with Crippen LogP contribution in [0.4, 0.5) is 11.5 Å². The number of aryl methyl sites for hydroxylation is 1. The second-order valence-corrected chi connectivity index (χ2v) is 6.69. The zero-order valence-corrected chi connectivity index (χ0v) is 13.9. The Bertz CT molecular complexity index is 721. The molecule has 1 atom stereocenters. The molecule has 23 heavy (non-hydrogen) atoms. The first kappa shape index (κ1) is 15.5. The van der Waals surface area contributed by atoms with Crippen LogP contribution in [0.2, 0.25) is 0 Å². The summed E-state index contributed by atoms with van der Waals surface area (Å²) in [4.78, 5) is 2.35. The van der Waals surface area contributed by atoms with Gasteiger partial charge in [0.2, 0.25) is 0 Å². The molecule has 3 rings (SSSR count). The van der Waals surface area contributed by atoms with E-state index in [1.807, 2.05) is 6.07 Å². The van der Waals surface area contributed by atoms with Crippen molar-refractivity contribution < 1.29 is 0 Å². The summed E-state index contributed by atoms with van der Waals surface area (Å²) in [5.41, 5.74) is 10.0. The van der Waals surface area contributed by atoms with Gasteiger partial charge < -0.3 is 15.2 Å². The van der Waals surface area contributed by atoms with Gasteiger partial charge in [0.25, 0.3) is 0 Å². The number of rotatable bonds is 3. The third-order valence-corrected chi connectivity index (χ3v) is 4.63. The zero-order chi connectivity index (χ0) is 16.4. The van der Waals surface area contributed by atoms with Gasteiger partial charge in [-0.15, -0.1) is 0 Å². The van der Waals surface area contributed by atoms with E-state index < -0.39 is 0 Å². The number of hydrogen-bond donors (Lipinski definition) is 1. The highest BCUT2D eigenvalue weighted by Crippen LogP contribution is 2.32. The number of anilines is 2. The van der Waals surface area contributed by atoms with Crippen molar-refractivity contribution in [3.05, 3.63) is 47.2 Å². The van der Waals surface area contributed by atoms with Crippen molar-refractivity contribution in [1.29, 1.82) is 5.26 Å². The van der Waals surface area contributed by atoms with Crippen LogP contribution in [0.1, 0.15) is 36.6 Å². The molecule has 1 fully saturated rings. The summed E-state index contributed by atoms with van der Waals surface area (Å²) in [5, 5.41) is 9.48. The standard InChI is InChI=1S/C19H24N4/c1-14-5-7-16(8-6-14)13-23-17(11-20)10-18(21)19(23)22-9-3-4-15(2)12-22/h5-8,10,15H,3-4,9,12-13,21H2,1-2H3/t15-/m1/s1. The van der Waals surface area contributed by atoms with Crippen molar-refractivity contribution in [2.45, 2.75) is 33.2 Å². The summed E-state index contributed by atoms with van der Waals surface area (Å²) in [7, 11) is 0. The van der Waals surface area contributed by atoms with E-state index >= 15 is 0 Å². The molecule has 4 nitrogen and oxygen atoms in total. The maximum Gasteiger partial charge on any atom is 0.133 e. The lowest BCUT2D eigenvalue weighted by molar-refractivity contribution is 0.441. The molecule has 120 valence electrons. The van der Waals surface area contributed by atoms with E-state index in [0.29, 0.717) is 23.8 Å². The maximum atomic E-state index is 9.48. The number of aromatic nitrogens is 1. The molecule has 4 heteroatoms. The van der Waals surface area contributed by atoms with E-state index in [1.54, 1.807) is 0 Å². The predicted molar refractivity (Wildman–Crippen MR) is 94.5 cm³/mol.